The maximum Gasteiger partial charge on any atom is 0.227 e. The second-order valence-electron chi connectivity index (χ2n) is 4.83. The van der Waals surface area contributed by atoms with Crippen LogP contribution in [0.5, 0.6) is 0 Å². The van der Waals surface area contributed by atoms with Gasteiger partial charge in [0, 0.05) is 28.1 Å². The molecule has 1 unspecified atom stereocenters. The van der Waals surface area contributed by atoms with Gasteiger partial charge < -0.3 is 4.90 Å². The number of rotatable bonds is 3. The molecule has 0 spiro atoms. The van der Waals surface area contributed by atoms with Gasteiger partial charge in [0.15, 0.2) is 0 Å². The van der Waals surface area contributed by atoms with E-state index in [1.165, 1.54) is 0 Å². The Hall–Kier alpha value is -0.670. The van der Waals surface area contributed by atoms with Gasteiger partial charge in [0.25, 0.3) is 0 Å². The number of halogens is 1. The number of aryl methyl sites for hydroxylation is 1. The summed E-state index contributed by atoms with van der Waals surface area (Å²) in [5.74, 6) is -0.406. The standard InChI is InChI=1S/C12H15IN2O3S/c1-8-2-3-10(13)5-11(8)15-6-9(4-12(15)16)7-19(14,17)18/h2-3,5,9H,4,6-7H2,1H3,(H2,14,17,18). The summed E-state index contributed by atoms with van der Waals surface area (Å²) >= 11 is 2.19. The molecule has 0 saturated carbocycles. The minimum atomic E-state index is -3.54. The van der Waals surface area contributed by atoms with Gasteiger partial charge in [0.05, 0.1) is 5.75 Å². The molecule has 1 amide bonds. The molecule has 0 bridgehead atoms. The van der Waals surface area contributed by atoms with Gasteiger partial charge in [-0.3, -0.25) is 4.79 Å². The Kier molecular flexibility index (Phi) is 4.17. The third kappa shape index (κ3) is 3.67. The fraction of sp³-hybridized carbons (Fsp3) is 0.417. The molecule has 2 N–H and O–H groups in total. The smallest absolute Gasteiger partial charge is 0.227 e. The van der Waals surface area contributed by atoms with Gasteiger partial charge in [0.1, 0.15) is 0 Å². The van der Waals surface area contributed by atoms with E-state index in [-0.39, 0.29) is 24.0 Å². The van der Waals surface area contributed by atoms with Gasteiger partial charge in [0.2, 0.25) is 15.9 Å². The molecule has 104 valence electrons. The van der Waals surface area contributed by atoms with Crippen LogP contribution in [0, 0.1) is 16.4 Å². The lowest BCUT2D eigenvalue weighted by Crippen LogP contribution is -2.28. The number of nitrogens with two attached hydrogens (primary N) is 1. The summed E-state index contributed by atoms with van der Waals surface area (Å²) in [6, 6.07) is 5.87. The highest BCUT2D eigenvalue weighted by Crippen LogP contribution is 2.29. The van der Waals surface area contributed by atoms with E-state index in [1.807, 2.05) is 25.1 Å². The zero-order valence-corrected chi connectivity index (χ0v) is 13.4. The predicted molar refractivity (Wildman–Crippen MR) is 82.3 cm³/mol. The van der Waals surface area contributed by atoms with Gasteiger partial charge in [-0.05, 0) is 47.2 Å². The van der Waals surface area contributed by atoms with E-state index in [4.69, 9.17) is 5.14 Å². The average Bonchev–Trinajstić information content (AvgIpc) is 2.60. The number of carbonyl (C=O) groups is 1. The fourth-order valence-corrected chi connectivity index (χ4v) is 3.68. The molecule has 1 aliphatic rings. The Labute approximate surface area is 126 Å². The third-order valence-electron chi connectivity index (χ3n) is 3.14. The van der Waals surface area contributed by atoms with E-state index in [9.17, 15) is 13.2 Å². The van der Waals surface area contributed by atoms with Crippen LogP contribution >= 0.6 is 22.6 Å². The summed E-state index contributed by atoms with van der Waals surface area (Å²) in [5, 5.41) is 5.04. The number of primary sulfonamides is 1. The molecule has 1 heterocycles. The highest BCUT2D eigenvalue weighted by Gasteiger charge is 2.33. The number of carbonyl (C=O) groups excluding carboxylic acids is 1. The second kappa shape index (κ2) is 5.37. The van der Waals surface area contributed by atoms with Crippen molar-refractivity contribution in [3.8, 4) is 0 Å². The van der Waals surface area contributed by atoms with Crippen molar-refractivity contribution in [3.05, 3.63) is 27.3 Å². The van der Waals surface area contributed by atoms with Crippen molar-refractivity contribution in [2.45, 2.75) is 13.3 Å². The number of hydrogen-bond acceptors (Lipinski definition) is 3. The highest BCUT2D eigenvalue weighted by atomic mass is 127. The van der Waals surface area contributed by atoms with Gasteiger partial charge >= 0.3 is 0 Å². The van der Waals surface area contributed by atoms with E-state index >= 15 is 0 Å². The van der Waals surface area contributed by atoms with Gasteiger partial charge in [-0.15, -0.1) is 0 Å². The molecule has 0 radical (unpaired) electrons. The molecule has 1 fully saturated rings. The van der Waals surface area contributed by atoms with Crippen LogP contribution in [-0.2, 0) is 14.8 Å². The minimum absolute atomic E-state index is 0.0428. The molecular weight excluding hydrogens is 379 g/mol. The maximum atomic E-state index is 12.0. The predicted octanol–water partition coefficient (Wildman–Crippen LogP) is 1.24. The van der Waals surface area contributed by atoms with Crippen molar-refractivity contribution in [3.63, 3.8) is 0 Å². The molecule has 1 saturated heterocycles. The highest BCUT2D eigenvalue weighted by molar-refractivity contribution is 14.1. The van der Waals surface area contributed by atoms with Crippen LogP contribution in [0.25, 0.3) is 0 Å². The van der Waals surface area contributed by atoms with Crippen LogP contribution in [0.15, 0.2) is 18.2 Å². The van der Waals surface area contributed by atoms with Crippen molar-refractivity contribution in [1.29, 1.82) is 0 Å². The van der Waals surface area contributed by atoms with Crippen LogP contribution in [-0.4, -0.2) is 26.6 Å². The van der Waals surface area contributed by atoms with E-state index in [1.54, 1.807) is 4.90 Å². The van der Waals surface area contributed by atoms with Gasteiger partial charge in [-0.1, -0.05) is 6.07 Å². The lowest BCUT2D eigenvalue weighted by Gasteiger charge is -2.19. The maximum absolute atomic E-state index is 12.0. The van der Waals surface area contributed by atoms with Crippen molar-refractivity contribution >= 4 is 44.2 Å². The Bertz CT molecular complexity index is 615. The van der Waals surface area contributed by atoms with Crippen LogP contribution in [0.3, 0.4) is 0 Å². The normalized spacial score (nSPS) is 20.1. The average molecular weight is 394 g/mol. The van der Waals surface area contributed by atoms with Crippen molar-refractivity contribution in [2.75, 3.05) is 17.2 Å². The molecule has 1 aromatic rings. The third-order valence-corrected chi connectivity index (χ3v) is 4.74. The first-order valence-corrected chi connectivity index (χ1v) is 8.62. The summed E-state index contributed by atoms with van der Waals surface area (Å²) in [6.45, 7) is 2.35. The fourth-order valence-electron chi connectivity index (χ4n) is 2.33. The van der Waals surface area contributed by atoms with Crippen molar-refractivity contribution in [2.24, 2.45) is 11.1 Å². The molecule has 0 aliphatic carbocycles. The first kappa shape index (κ1) is 14.7. The Balaban J connectivity index is 2.23. The van der Waals surface area contributed by atoms with Gasteiger partial charge in [-0.2, -0.15) is 0 Å². The molecule has 1 aromatic carbocycles. The summed E-state index contributed by atoms with van der Waals surface area (Å²) < 4.78 is 23.3. The summed E-state index contributed by atoms with van der Waals surface area (Å²) in [4.78, 5) is 13.7. The second-order valence-corrected chi connectivity index (χ2v) is 7.74. The van der Waals surface area contributed by atoms with E-state index in [0.717, 1.165) is 14.8 Å². The molecule has 7 heteroatoms. The van der Waals surface area contributed by atoms with Crippen molar-refractivity contribution in [1.82, 2.24) is 0 Å². The Morgan fingerprint density at radius 3 is 2.79 bits per heavy atom. The van der Waals surface area contributed by atoms with E-state index in [2.05, 4.69) is 22.6 Å². The number of sulfonamides is 1. The molecule has 5 nitrogen and oxygen atoms in total. The van der Waals surface area contributed by atoms with Crippen LogP contribution in [0.1, 0.15) is 12.0 Å². The quantitative estimate of drug-likeness (QED) is 0.784. The molecule has 1 aliphatic heterocycles. The molecule has 0 aromatic heterocycles. The zero-order valence-electron chi connectivity index (χ0n) is 10.5. The topological polar surface area (TPSA) is 80.5 Å². The number of nitrogens with zero attached hydrogens (tertiary/aromatic N) is 1. The first-order valence-electron chi connectivity index (χ1n) is 5.83. The minimum Gasteiger partial charge on any atom is -0.312 e. The van der Waals surface area contributed by atoms with E-state index < -0.39 is 10.0 Å². The number of anilines is 1. The summed E-state index contributed by atoms with van der Waals surface area (Å²) in [7, 11) is -3.54. The summed E-state index contributed by atoms with van der Waals surface area (Å²) in [5.41, 5.74) is 1.86. The SMILES string of the molecule is Cc1ccc(I)cc1N1CC(CS(N)(=O)=O)CC1=O. The summed E-state index contributed by atoms with van der Waals surface area (Å²) in [6.07, 6.45) is 0.237. The first-order chi connectivity index (χ1) is 8.76. The lowest BCUT2D eigenvalue weighted by molar-refractivity contribution is -0.117. The monoisotopic (exact) mass is 394 g/mol. The molecule has 19 heavy (non-hydrogen) atoms. The van der Waals surface area contributed by atoms with Crippen LogP contribution in [0.2, 0.25) is 0 Å². The largest absolute Gasteiger partial charge is 0.312 e. The van der Waals surface area contributed by atoms with Gasteiger partial charge in [-0.25, -0.2) is 13.6 Å². The lowest BCUT2D eigenvalue weighted by atomic mass is 10.1. The molecule has 1 atom stereocenters. The number of hydrogen-bond donors (Lipinski definition) is 1. The van der Waals surface area contributed by atoms with Crippen LogP contribution < -0.4 is 10.0 Å². The molecular formula is C12H15IN2O3S. The van der Waals surface area contributed by atoms with Crippen molar-refractivity contribution < 1.29 is 13.2 Å². The Morgan fingerprint density at radius 1 is 1.47 bits per heavy atom. The Morgan fingerprint density at radius 2 is 2.16 bits per heavy atom. The van der Waals surface area contributed by atoms with E-state index in [0.29, 0.717) is 6.54 Å². The number of benzene rings is 1. The van der Waals surface area contributed by atoms with Crippen LogP contribution in [0.4, 0.5) is 5.69 Å². The molecule has 2 rings (SSSR count). The number of amides is 1. The zero-order chi connectivity index (χ0) is 14.2.